The summed E-state index contributed by atoms with van der Waals surface area (Å²) in [5.74, 6) is -2.48. The van der Waals surface area contributed by atoms with Crippen molar-refractivity contribution in [2.45, 2.75) is 13.5 Å². The lowest BCUT2D eigenvalue weighted by atomic mass is 10.1. The molecule has 0 bridgehead atoms. The Labute approximate surface area is 168 Å². The molecular formula is C19H15F2N3O4S. The van der Waals surface area contributed by atoms with Crippen molar-refractivity contribution in [3.63, 3.8) is 0 Å². The van der Waals surface area contributed by atoms with E-state index >= 15 is 0 Å². The van der Waals surface area contributed by atoms with Gasteiger partial charge in [0.2, 0.25) is 5.88 Å². The van der Waals surface area contributed by atoms with Gasteiger partial charge in [0.15, 0.2) is 0 Å². The number of nitrogens with one attached hydrogen (secondary N) is 1. The maximum atomic E-state index is 14.0. The van der Waals surface area contributed by atoms with Crippen molar-refractivity contribution < 1.29 is 27.8 Å². The molecule has 0 saturated carbocycles. The number of ether oxygens (including phenoxy) is 2. The van der Waals surface area contributed by atoms with Crippen LogP contribution in [0.2, 0.25) is 0 Å². The van der Waals surface area contributed by atoms with Gasteiger partial charge in [-0.3, -0.25) is 10.1 Å². The highest BCUT2D eigenvalue weighted by Gasteiger charge is 2.23. The average molecular weight is 419 g/mol. The SMILES string of the molecule is Cc1cc(F)c(COc2nsc(NC(=O)Oc3ccccc3)c2C(N)=O)c(F)c1. The predicted octanol–water partition coefficient (Wildman–Crippen LogP) is 4.02. The second-order valence-corrected chi connectivity index (χ2v) is 6.65. The Morgan fingerprint density at radius 2 is 1.83 bits per heavy atom. The number of para-hydroxylation sites is 1. The topological polar surface area (TPSA) is 104 Å². The van der Waals surface area contributed by atoms with Gasteiger partial charge in [-0.1, -0.05) is 18.2 Å². The number of nitrogens with zero attached hydrogens (tertiary/aromatic N) is 1. The molecule has 7 nitrogen and oxygen atoms in total. The Kier molecular flexibility index (Phi) is 6.03. The van der Waals surface area contributed by atoms with Gasteiger partial charge in [0, 0.05) is 0 Å². The molecule has 2 amide bonds. The zero-order chi connectivity index (χ0) is 21.0. The van der Waals surface area contributed by atoms with Gasteiger partial charge in [-0.25, -0.2) is 13.6 Å². The van der Waals surface area contributed by atoms with Gasteiger partial charge in [0.25, 0.3) is 5.91 Å². The summed E-state index contributed by atoms with van der Waals surface area (Å²) in [6.45, 7) is 1.03. The summed E-state index contributed by atoms with van der Waals surface area (Å²) in [5.41, 5.74) is 5.21. The number of aromatic nitrogens is 1. The van der Waals surface area contributed by atoms with E-state index in [1.807, 2.05) is 0 Å². The van der Waals surface area contributed by atoms with Crippen LogP contribution in [0.4, 0.5) is 18.6 Å². The summed E-state index contributed by atoms with van der Waals surface area (Å²) in [5, 5.41) is 2.34. The van der Waals surface area contributed by atoms with E-state index in [-0.39, 0.29) is 27.8 Å². The number of amides is 2. The molecule has 0 radical (unpaired) electrons. The zero-order valence-electron chi connectivity index (χ0n) is 15.1. The lowest BCUT2D eigenvalue weighted by molar-refractivity contribution is 0.0996. The van der Waals surface area contributed by atoms with Crippen LogP contribution in [0.1, 0.15) is 21.5 Å². The van der Waals surface area contributed by atoms with Crippen molar-refractivity contribution in [1.82, 2.24) is 4.37 Å². The molecule has 3 rings (SSSR count). The Hall–Kier alpha value is -3.53. The summed E-state index contributed by atoms with van der Waals surface area (Å²) >= 11 is 0.714. The third-order valence-corrected chi connectivity index (χ3v) is 4.46. The van der Waals surface area contributed by atoms with Crippen LogP contribution in [0.25, 0.3) is 0 Å². The highest BCUT2D eigenvalue weighted by Crippen LogP contribution is 2.31. The first-order valence-electron chi connectivity index (χ1n) is 8.26. The van der Waals surface area contributed by atoms with Crippen LogP contribution in [0, 0.1) is 18.6 Å². The number of carbonyl (C=O) groups excluding carboxylic acids is 2. The summed E-state index contributed by atoms with van der Waals surface area (Å²) in [6, 6.07) is 10.6. The Balaban J connectivity index is 1.75. The highest BCUT2D eigenvalue weighted by molar-refractivity contribution is 7.11. The number of benzene rings is 2. The molecule has 1 aromatic heterocycles. The molecule has 0 spiro atoms. The second kappa shape index (κ2) is 8.65. The lowest BCUT2D eigenvalue weighted by Crippen LogP contribution is -2.20. The molecular weight excluding hydrogens is 404 g/mol. The third-order valence-electron chi connectivity index (χ3n) is 3.72. The van der Waals surface area contributed by atoms with Crippen LogP contribution in [0.15, 0.2) is 42.5 Å². The minimum Gasteiger partial charge on any atom is -0.471 e. The van der Waals surface area contributed by atoms with Gasteiger partial charge < -0.3 is 15.2 Å². The second-order valence-electron chi connectivity index (χ2n) is 5.88. The standard InChI is InChI=1S/C19H15F2N3O4S/c1-10-7-13(20)12(14(21)8-10)9-27-17-15(16(22)25)18(29-24-17)23-19(26)28-11-5-3-2-4-6-11/h2-8H,9H2,1H3,(H2,22,25)(H,23,26). The molecule has 3 N–H and O–H groups in total. The van der Waals surface area contributed by atoms with E-state index in [2.05, 4.69) is 9.69 Å². The summed E-state index contributed by atoms with van der Waals surface area (Å²) < 4.78 is 42.2. The number of nitrogens with two attached hydrogens (primary N) is 1. The Morgan fingerprint density at radius 1 is 1.17 bits per heavy atom. The molecule has 0 atom stereocenters. The molecule has 29 heavy (non-hydrogen) atoms. The highest BCUT2D eigenvalue weighted by atomic mass is 32.1. The van der Waals surface area contributed by atoms with Gasteiger partial charge in [0.05, 0.1) is 5.56 Å². The zero-order valence-corrected chi connectivity index (χ0v) is 15.9. The summed E-state index contributed by atoms with van der Waals surface area (Å²) in [4.78, 5) is 23.8. The number of halogens is 2. The van der Waals surface area contributed by atoms with E-state index < -0.39 is 30.2 Å². The van der Waals surface area contributed by atoms with Crippen LogP contribution in [0.5, 0.6) is 11.6 Å². The number of rotatable bonds is 6. The maximum absolute atomic E-state index is 14.0. The molecule has 3 aromatic rings. The minimum atomic E-state index is -0.936. The van der Waals surface area contributed by atoms with Crippen LogP contribution in [0.3, 0.4) is 0 Å². The molecule has 0 aliphatic heterocycles. The number of carbonyl (C=O) groups is 2. The van der Waals surface area contributed by atoms with Crippen molar-refractivity contribution in [3.05, 3.63) is 70.8 Å². The van der Waals surface area contributed by atoms with E-state index in [4.69, 9.17) is 15.2 Å². The molecule has 0 fully saturated rings. The molecule has 0 aliphatic rings. The van der Waals surface area contributed by atoms with Gasteiger partial charge >= 0.3 is 6.09 Å². The number of hydrogen-bond donors (Lipinski definition) is 2. The van der Waals surface area contributed by atoms with Crippen molar-refractivity contribution in [1.29, 1.82) is 0 Å². The van der Waals surface area contributed by atoms with Crippen LogP contribution < -0.4 is 20.5 Å². The van der Waals surface area contributed by atoms with Crippen molar-refractivity contribution in [3.8, 4) is 11.6 Å². The predicted molar refractivity (Wildman–Crippen MR) is 102 cm³/mol. The number of hydrogen-bond acceptors (Lipinski definition) is 6. The first-order valence-corrected chi connectivity index (χ1v) is 9.03. The Bertz CT molecular complexity index is 1030. The first-order chi connectivity index (χ1) is 13.8. The summed E-state index contributed by atoms with van der Waals surface area (Å²) in [7, 11) is 0. The number of aryl methyl sites for hydroxylation is 1. The fraction of sp³-hybridized carbons (Fsp3) is 0.105. The molecule has 2 aromatic carbocycles. The van der Waals surface area contributed by atoms with Crippen molar-refractivity contribution >= 4 is 28.5 Å². The van der Waals surface area contributed by atoms with Gasteiger partial charge in [-0.15, -0.1) is 0 Å². The number of anilines is 1. The third kappa shape index (κ3) is 4.85. The molecule has 0 unspecified atom stereocenters. The van der Waals surface area contributed by atoms with Crippen molar-refractivity contribution in [2.24, 2.45) is 5.73 Å². The summed E-state index contributed by atoms with van der Waals surface area (Å²) in [6.07, 6.45) is -0.871. The van der Waals surface area contributed by atoms with Gasteiger partial charge in [-0.2, -0.15) is 4.37 Å². The van der Waals surface area contributed by atoms with E-state index in [1.54, 1.807) is 37.3 Å². The molecule has 10 heteroatoms. The normalized spacial score (nSPS) is 10.4. The lowest BCUT2D eigenvalue weighted by Gasteiger charge is -2.09. The molecule has 150 valence electrons. The Morgan fingerprint density at radius 3 is 2.45 bits per heavy atom. The first kappa shape index (κ1) is 20.2. The van der Waals surface area contributed by atoms with E-state index in [1.165, 1.54) is 0 Å². The molecule has 0 saturated heterocycles. The average Bonchev–Trinajstić information content (AvgIpc) is 3.04. The molecule has 0 aliphatic carbocycles. The van der Waals surface area contributed by atoms with E-state index in [9.17, 15) is 18.4 Å². The van der Waals surface area contributed by atoms with Crippen LogP contribution in [-0.2, 0) is 6.61 Å². The van der Waals surface area contributed by atoms with Gasteiger partial charge in [-0.05, 0) is 48.3 Å². The number of primary amides is 1. The minimum absolute atomic E-state index is 0.0155. The van der Waals surface area contributed by atoms with E-state index in [0.29, 0.717) is 17.1 Å². The monoisotopic (exact) mass is 419 g/mol. The van der Waals surface area contributed by atoms with Crippen LogP contribution >= 0.6 is 11.5 Å². The fourth-order valence-corrected chi connectivity index (χ4v) is 3.12. The van der Waals surface area contributed by atoms with Crippen LogP contribution in [-0.4, -0.2) is 16.4 Å². The fourth-order valence-electron chi connectivity index (χ4n) is 2.40. The largest absolute Gasteiger partial charge is 0.471 e. The van der Waals surface area contributed by atoms with Crippen molar-refractivity contribution in [2.75, 3.05) is 5.32 Å². The quantitative estimate of drug-likeness (QED) is 0.628. The maximum Gasteiger partial charge on any atom is 0.417 e. The van der Waals surface area contributed by atoms with E-state index in [0.717, 1.165) is 12.1 Å². The smallest absolute Gasteiger partial charge is 0.417 e. The van der Waals surface area contributed by atoms with Gasteiger partial charge in [0.1, 0.15) is 34.6 Å². The molecule has 1 heterocycles.